The van der Waals surface area contributed by atoms with Crippen molar-refractivity contribution in [3.8, 4) is 11.8 Å². The zero-order valence-electron chi connectivity index (χ0n) is 35.9. The van der Waals surface area contributed by atoms with Gasteiger partial charge in [-0.25, -0.2) is 23.1 Å². The van der Waals surface area contributed by atoms with Crippen LogP contribution in [0.1, 0.15) is 123 Å². The maximum absolute atomic E-state index is 14.3. The zero-order chi connectivity index (χ0) is 44.2. The number of aryl methyl sites for hydroxylation is 1. The first-order valence-electron chi connectivity index (χ1n) is 22.5. The summed E-state index contributed by atoms with van der Waals surface area (Å²) in [5.41, 5.74) is 2.60. The number of imidazole rings is 1. The van der Waals surface area contributed by atoms with Gasteiger partial charge in [0.05, 0.1) is 53.3 Å². The van der Waals surface area contributed by atoms with Crippen LogP contribution in [0, 0.1) is 23.7 Å². The largest absolute Gasteiger partial charge is 0.378 e. The van der Waals surface area contributed by atoms with Crippen LogP contribution < -0.4 is 16.3 Å². The van der Waals surface area contributed by atoms with Gasteiger partial charge in [0.25, 0.3) is 12.3 Å². The van der Waals surface area contributed by atoms with Gasteiger partial charge in [-0.05, 0) is 94.7 Å². The minimum absolute atomic E-state index is 0.00152. The lowest BCUT2D eigenvalue weighted by Gasteiger charge is -2.41. The Balaban J connectivity index is 0.712. The summed E-state index contributed by atoms with van der Waals surface area (Å²) in [6, 6.07) is 6.91. The van der Waals surface area contributed by atoms with E-state index in [-0.39, 0.29) is 66.5 Å². The Bertz CT molecular complexity index is 2730. The maximum atomic E-state index is 14.3. The van der Waals surface area contributed by atoms with Crippen LogP contribution in [0.3, 0.4) is 0 Å². The minimum Gasteiger partial charge on any atom is -0.378 e. The predicted molar refractivity (Wildman–Crippen MR) is 230 cm³/mol. The molecule has 16 nitrogen and oxygen atoms in total. The van der Waals surface area contributed by atoms with Crippen molar-refractivity contribution >= 4 is 40.1 Å². The second-order valence-corrected chi connectivity index (χ2v) is 18.1. The van der Waals surface area contributed by atoms with Crippen molar-refractivity contribution in [2.75, 3.05) is 31.6 Å². The Morgan fingerprint density at radius 3 is 2.61 bits per heavy atom. The molecule has 3 aliphatic heterocycles. The number of anilines is 1. The second-order valence-electron chi connectivity index (χ2n) is 18.1. The molecule has 3 amide bonds. The van der Waals surface area contributed by atoms with Gasteiger partial charge in [0.1, 0.15) is 18.2 Å². The smallest absolute Gasteiger partial charge is 0.329 e. The number of piperidine rings is 2. The number of fused-ring (bicyclic) bond motifs is 4. The highest BCUT2D eigenvalue weighted by atomic mass is 19.3. The molecule has 3 saturated heterocycles. The molecule has 2 N–H and O–H groups in total. The fraction of sp³-hybridized carbons (Fsp3) is 0.543. The standard InChI is InChI=1S/C46H52F2N10O6/c1-26(55-17-14-31(15-18-55)63-20-4-6-28-5-3-7-37-41(28)54(2)46(62)58(37)38-12-13-39(59)52-45(38)61)27-8-10-30(11-9-27)57-24-36(40(53-57)42(47)48)51-44(60)34-23-49-56-19-16-35(50-43(34)56)33-22-32-21-29(33)25-64-32/h3,5,7,16,19,23-24,26-27,29-33,38,42H,8-15,17-18,20-22,25H2,1-2H3,(H,51,60)(H,52,59,61)/t26?,27?,29-,30?,32-,33?,38?/m1/s1. The van der Waals surface area contributed by atoms with Gasteiger partial charge in [0.2, 0.25) is 11.8 Å². The van der Waals surface area contributed by atoms with Gasteiger partial charge < -0.3 is 19.7 Å². The van der Waals surface area contributed by atoms with E-state index in [1.54, 1.807) is 30.2 Å². The second kappa shape index (κ2) is 17.3. The van der Waals surface area contributed by atoms with Crippen LogP contribution in [0.5, 0.6) is 0 Å². The van der Waals surface area contributed by atoms with Crippen LogP contribution in [0.2, 0.25) is 0 Å². The van der Waals surface area contributed by atoms with Crippen molar-refractivity contribution < 1.29 is 32.6 Å². The lowest BCUT2D eigenvalue weighted by atomic mass is 9.81. The van der Waals surface area contributed by atoms with E-state index in [0.29, 0.717) is 46.7 Å². The number of hydrogen-bond donors (Lipinski definition) is 2. The van der Waals surface area contributed by atoms with Crippen molar-refractivity contribution in [3.63, 3.8) is 0 Å². The number of nitrogens with zero attached hydrogens (tertiary/aromatic N) is 8. The van der Waals surface area contributed by atoms with Gasteiger partial charge in [-0.2, -0.15) is 10.2 Å². The summed E-state index contributed by atoms with van der Waals surface area (Å²) in [7, 11) is 1.66. The number of halogens is 2. The molecule has 3 unspecified atom stereocenters. The van der Waals surface area contributed by atoms with E-state index in [2.05, 4.69) is 44.5 Å². The summed E-state index contributed by atoms with van der Waals surface area (Å²) in [5, 5.41) is 13.7. The summed E-state index contributed by atoms with van der Waals surface area (Å²) in [6.45, 7) is 5.03. The van der Waals surface area contributed by atoms with Crippen molar-refractivity contribution in [2.24, 2.45) is 18.9 Å². The highest BCUT2D eigenvalue weighted by Crippen LogP contribution is 2.45. The molecule has 336 valence electrons. The van der Waals surface area contributed by atoms with Gasteiger partial charge in [0, 0.05) is 56.6 Å². The Morgan fingerprint density at radius 1 is 1.06 bits per heavy atom. The number of amides is 3. The number of carbonyl (C=O) groups excluding carboxylic acids is 3. The van der Waals surface area contributed by atoms with Gasteiger partial charge >= 0.3 is 5.69 Å². The van der Waals surface area contributed by atoms with Crippen LogP contribution in [0.4, 0.5) is 14.5 Å². The molecule has 1 aromatic carbocycles. The number of hydrogen-bond acceptors (Lipinski definition) is 10. The van der Waals surface area contributed by atoms with Crippen LogP contribution in [0.15, 0.2) is 47.7 Å². The summed E-state index contributed by atoms with van der Waals surface area (Å²) in [6.07, 6.45) is 9.79. The molecule has 7 heterocycles. The average molecular weight is 879 g/mol. The molecule has 64 heavy (non-hydrogen) atoms. The van der Waals surface area contributed by atoms with Crippen molar-refractivity contribution in [1.82, 2.24) is 43.7 Å². The molecule has 0 spiro atoms. The third kappa shape index (κ3) is 7.91. The van der Waals surface area contributed by atoms with Crippen LogP contribution in [0.25, 0.3) is 16.7 Å². The number of aromatic nitrogens is 7. The topological polar surface area (TPSA) is 172 Å². The molecule has 5 fully saturated rings. The summed E-state index contributed by atoms with van der Waals surface area (Å²) in [4.78, 5) is 58.5. The summed E-state index contributed by atoms with van der Waals surface area (Å²) < 4.78 is 46.8. The van der Waals surface area contributed by atoms with Gasteiger partial charge in [0.15, 0.2) is 11.3 Å². The van der Waals surface area contributed by atoms with Gasteiger partial charge in [-0.1, -0.05) is 17.9 Å². The van der Waals surface area contributed by atoms with Crippen LogP contribution >= 0.6 is 0 Å². The van der Waals surface area contributed by atoms with Crippen molar-refractivity contribution in [3.05, 3.63) is 75.9 Å². The normalized spacial score (nSPS) is 25.8. The Labute approximate surface area is 367 Å². The molecular weight excluding hydrogens is 827 g/mol. The first-order valence-corrected chi connectivity index (χ1v) is 22.5. The van der Waals surface area contributed by atoms with E-state index in [9.17, 15) is 28.0 Å². The van der Waals surface area contributed by atoms with E-state index in [0.717, 1.165) is 70.2 Å². The monoisotopic (exact) mass is 878 g/mol. The van der Waals surface area contributed by atoms with Crippen LogP contribution in [-0.2, 0) is 26.1 Å². The van der Waals surface area contributed by atoms with Crippen molar-refractivity contribution in [2.45, 2.75) is 114 Å². The first kappa shape index (κ1) is 42.2. The SMILES string of the molecule is CC(C1CCC(n2cc(NC(=O)c3cnn4ccc(C5C[C@H]6C[C@@H]5CO6)nc34)c(C(F)F)n2)CC1)N1CCC(OCC#Cc2cccc3c2n(C)c(=O)n3C2CCC(=O)NC2=O)CC1. The van der Waals surface area contributed by atoms with Gasteiger partial charge in [-0.3, -0.25) is 33.5 Å². The molecule has 5 atom stereocenters. The number of rotatable bonds is 10. The number of para-hydroxylation sites is 1. The molecule has 0 radical (unpaired) electrons. The molecular formula is C46H52F2N10O6. The quantitative estimate of drug-likeness (QED) is 0.139. The number of imide groups is 1. The summed E-state index contributed by atoms with van der Waals surface area (Å²) >= 11 is 0. The van der Waals surface area contributed by atoms with Crippen LogP contribution in [-0.4, -0.2) is 101 Å². The molecule has 2 bridgehead atoms. The van der Waals surface area contributed by atoms with E-state index < -0.39 is 30.0 Å². The molecule has 5 aliphatic rings. The maximum Gasteiger partial charge on any atom is 0.329 e. The number of likely N-dealkylation sites (tertiary alicyclic amines) is 1. The van der Waals surface area contributed by atoms with E-state index in [1.807, 2.05) is 18.2 Å². The summed E-state index contributed by atoms with van der Waals surface area (Å²) in [5.74, 6) is 6.05. The minimum atomic E-state index is -2.86. The molecule has 18 heteroatoms. The highest BCUT2D eigenvalue weighted by Gasteiger charge is 2.42. The predicted octanol–water partition coefficient (Wildman–Crippen LogP) is 5.29. The fourth-order valence-electron chi connectivity index (χ4n) is 11.0. The Morgan fingerprint density at radius 2 is 1.88 bits per heavy atom. The number of nitrogens with one attached hydrogen (secondary N) is 2. The molecule has 5 aromatic rings. The lowest BCUT2D eigenvalue weighted by Crippen LogP contribution is -2.46. The van der Waals surface area contributed by atoms with Gasteiger partial charge in [-0.15, -0.1) is 0 Å². The lowest BCUT2D eigenvalue weighted by molar-refractivity contribution is -0.135. The molecule has 2 saturated carbocycles. The number of alkyl halides is 2. The van der Waals surface area contributed by atoms with E-state index >= 15 is 0 Å². The Hall–Kier alpha value is -5.77. The third-order valence-corrected chi connectivity index (χ3v) is 14.5. The average Bonchev–Trinajstić information content (AvgIpc) is 4.15. The fourth-order valence-corrected chi connectivity index (χ4v) is 11.0. The molecule has 2 aliphatic carbocycles. The van der Waals surface area contributed by atoms with Crippen molar-refractivity contribution in [1.29, 1.82) is 0 Å². The third-order valence-electron chi connectivity index (χ3n) is 14.5. The highest BCUT2D eigenvalue weighted by molar-refractivity contribution is 6.08. The van der Waals surface area contributed by atoms with E-state index in [4.69, 9.17) is 14.5 Å². The number of carbonyl (C=O) groups is 3. The zero-order valence-corrected chi connectivity index (χ0v) is 35.9. The number of benzene rings is 1. The first-order chi connectivity index (χ1) is 31.0. The van der Waals surface area contributed by atoms with E-state index in [1.165, 1.54) is 19.8 Å². The molecule has 10 rings (SSSR count). The number of ether oxygens (including phenoxy) is 2. The molecule has 4 aromatic heterocycles. The Kier molecular flexibility index (Phi) is 11.4.